The summed E-state index contributed by atoms with van der Waals surface area (Å²) in [5.41, 5.74) is 0. The van der Waals surface area contributed by atoms with Gasteiger partial charge in [-0.25, -0.2) is 0 Å². The first-order valence-corrected chi connectivity index (χ1v) is 1.75. The summed E-state index contributed by atoms with van der Waals surface area (Å²) in [5, 5.41) is 0. The van der Waals surface area contributed by atoms with Gasteiger partial charge in [0.05, 0.1) is 0 Å². The monoisotopic (exact) mass is 221 g/mol. The molecule has 5 heteroatoms. The molecule has 0 fully saturated rings. The Labute approximate surface area is 73.4 Å². The summed E-state index contributed by atoms with van der Waals surface area (Å²) in [6.45, 7) is 0. The maximum Gasteiger partial charge on any atom is 2.00 e. The minimum atomic E-state index is -2.87. The zero-order valence-electron chi connectivity index (χ0n) is 4.46. The molecule has 0 unspecified atom stereocenters. The van der Waals surface area contributed by atoms with Gasteiger partial charge in [0.2, 0.25) is 0 Å². The van der Waals surface area contributed by atoms with Crippen LogP contribution in [0.25, 0.3) is 0 Å². The normalized spacial score (nSPS) is 5.20. The predicted molar refractivity (Wildman–Crippen MR) is 20.0 cm³/mol. The van der Waals surface area contributed by atoms with Crippen LogP contribution in [-0.2, 0) is 4.57 Å². The Hall–Kier alpha value is 1.59. The third-order valence-corrected chi connectivity index (χ3v) is 0. The molecule has 2 N–H and O–H groups in total. The maximum absolute atomic E-state index is 8.70. The molecule has 0 aliphatic heterocycles. The van der Waals surface area contributed by atoms with Crippen molar-refractivity contribution in [1.82, 2.24) is 0 Å². The van der Waals surface area contributed by atoms with Gasteiger partial charge in [-0.1, -0.05) is 0 Å². The molecule has 0 atom stereocenters. The molecule has 0 heterocycles. The van der Waals surface area contributed by atoms with E-state index in [0.717, 1.165) is 0 Å². The van der Waals surface area contributed by atoms with Crippen LogP contribution in [0, 0.1) is 0 Å². The maximum atomic E-state index is 8.70. The van der Waals surface area contributed by atoms with Crippen LogP contribution in [0.3, 0.4) is 0 Å². The van der Waals surface area contributed by atoms with E-state index in [-0.39, 0.29) is 51.7 Å². The zero-order chi connectivity index (χ0) is 3.58. The first-order valence-electron chi connectivity index (χ1n) is 0.583. The molecule has 0 spiro atoms. The Morgan fingerprint density at radius 2 is 1.60 bits per heavy atom. The van der Waals surface area contributed by atoms with Crippen LogP contribution in [0.5, 0.6) is 0 Å². The van der Waals surface area contributed by atoms with Crippen molar-refractivity contribution in [3.05, 3.63) is 0 Å². The average Bonchev–Trinajstić information content (AvgIpc) is 0.811. The SMILES string of the molecule is O=[P+](O)O.[Ba+2].[H-].[H-]. The predicted octanol–water partition coefficient (Wildman–Crippen LogP) is -0.527. The molecule has 5 heavy (non-hydrogen) atoms. The van der Waals surface area contributed by atoms with Crippen molar-refractivity contribution in [3.63, 3.8) is 0 Å². The minimum Gasteiger partial charge on any atom is -1.00 e. The van der Waals surface area contributed by atoms with Gasteiger partial charge in [0.15, 0.2) is 0 Å². The molecule has 28 valence electrons. The third-order valence-electron chi connectivity index (χ3n) is 0. The summed E-state index contributed by atoms with van der Waals surface area (Å²) in [4.78, 5) is 14.2. The van der Waals surface area contributed by atoms with Crippen LogP contribution < -0.4 is 0 Å². The smallest absolute Gasteiger partial charge is 1.00 e. The van der Waals surface area contributed by atoms with Crippen molar-refractivity contribution in [1.29, 1.82) is 0 Å². The molecule has 0 radical (unpaired) electrons. The molecular weight excluding hydrogens is 216 g/mol. The Bertz CT molecular complexity index is 35.9. The summed E-state index contributed by atoms with van der Waals surface area (Å²) < 4.78 is 8.70. The first-order chi connectivity index (χ1) is 1.73. The fraction of sp³-hybridized carbons (Fsp3) is 0. The van der Waals surface area contributed by atoms with Crippen molar-refractivity contribution in [2.24, 2.45) is 0 Å². The Kier molecular flexibility index (Phi) is 10.9. The van der Waals surface area contributed by atoms with Gasteiger partial charge >= 0.3 is 57.1 Å². The van der Waals surface area contributed by atoms with Gasteiger partial charge in [0.1, 0.15) is 0 Å². The average molecular weight is 220 g/mol. The Balaban J connectivity index is -0.0000000150. The van der Waals surface area contributed by atoms with Crippen LogP contribution in [0.2, 0.25) is 0 Å². The van der Waals surface area contributed by atoms with Gasteiger partial charge in [-0.2, -0.15) is 0 Å². The summed E-state index contributed by atoms with van der Waals surface area (Å²) in [5.74, 6) is 0. The molecule has 0 bridgehead atoms. The molecule has 0 rings (SSSR count). The fourth-order valence-electron chi connectivity index (χ4n) is 0. The first kappa shape index (κ1) is 9.78. The topological polar surface area (TPSA) is 57.5 Å². The van der Waals surface area contributed by atoms with E-state index < -0.39 is 8.25 Å². The molecular formula is H4BaO3P+. The van der Waals surface area contributed by atoms with E-state index in [0.29, 0.717) is 0 Å². The van der Waals surface area contributed by atoms with E-state index in [1.54, 1.807) is 0 Å². The number of hydrogen-bond acceptors (Lipinski definition) is 1. The summed E-state index contributed by atoms with van der Waals surface area (Å²) in [6.07, 6.45) is 0. The molecule has 0 aliphatic carbocycles. The van der Waals surface area contributed by atoms with Crippen LogP contribution in [-0.4, -0.2) is 58.7 Å². The van der Waals surface area contributed by atoms with Crippen LogP contribution in [0.1, 0.15) is 2.85 Å². The molecule has 0 amide bonds. The van der Waals surface area contributed by atoms with Gasteiger partial charge < -0.3 is 2.85 Å². The van der Waals surface area contributed by atoms with E-state index >= 15 is 0 Å². The molecule has 0 aromatic carbocycles. The zero-order valence-corrected chi connectivity index (χ0v) is 7.79. The fourth-order valence-corrected chi connectivity index (χ4v) is 0. The second-order valence-corrected chi connectivity index (χ2v) is 0.758. The molecule has 0 aliphatic rings. The van der Waals surface area contributed by atoms with Gasteiger partial charge in [0, 0.05) is 4.57 Å². The standard InChI is InChI=1S/Ba.HO3P.2H/c;1-4(2)3;;/h;(H-,1,2,3);;/q+2;;2*-1/p+1. The second-order valence-electron chi connectivity index (χ2n) is 0.253. The molecule has 0 aromatic heterocycles. The summed E-state index contributed by atoms with van der Waals surface area (Å²) in [7, 11) is -2.87. The van der Waals surface area contributed by atoms with Gasteiger partial charge in [0.25, 0.3) is 0 Å². The summed E-state index contributed by atoms with van der Waals surface area (Å²) >= 11 is 0. The van der Waals surface area contributed by atoms with Crippen molar-refractivity contribution in [3.8, 4) is 0 Å². The Morgan fingerprint density at radius 3 is 1.60 bits per heavy atom. The van der Waals surface area contributed by atoms with Crippen LogP contribution in [0.4, 0.5) is 0 Å². The van der Waals surface area contributed by atoms with Crippen molar-refractivity contribution < 1.29 is 17.2 Å². The molecule has 3 nitrogen and oxygen atoms in total. The molecule has 0 saturated carbocycles. The van der Waals surface area contributed by atoms with Crippen molar-refractivity contribution in [2.45, 2.75) is 0 Å². The quantitative estimate of drug-likeness (QED) is 0.426. The van der Waals surface area contributed by atoms with E-state index in [9.17, 15) is 0 Å². The van der Waals surface area contributed by atoms with E-state index in [2.05, 4.69) is 0 Å². The second kappa shape index (κ2) is 5.59. The number of hydrogen-bond donors (Lipinski definition) is 2. The van der Waals surface area contributed by atoms with E-state index in [4.69, 9.17) is 14.4 Å². The van der Waals surface area contributed by atoms with Crippen LogP contribution in [0.15, 0.2) is 0 Å². The van der Waals surface area contributed by atoms with Crippen molar-refractivity contribution >= 4 is 57.1 Å². The molecule has 0 saturated heterocycles. The van der Waals surface area contributed by atoms with E-state index in [1.807, 2.05) is 0 Å². The van der Waals surface area contributed by atoms with Gasteiger partial charge in [-0.15, -0.1) is 9.79 Å². The van der Waals surface area contributed by atoms with Crippen molar-refractivity contribution in [2.75, 3.05) is 0 Å². The minimum absolute atomic E-state index is 0. The van der Waals surface area contributed by atoms with E-state index in [1.165, 1.54) is 0 Å². The van der Waals surface area contributed by atoms with Crippen LogP contribution >= 0.6 is 8.25 Å². The van der Waals surface area contributed by atoms with Gasteiger partial charge in [-0.3, -0.25) is 0 Å². The number of rotatable bonds is 0. The third kappa shape index (κ3) is 28.5. The molecule has 0 aromatic rings. The Morgan fingerprint density at radius 1 is 1.60 bits per heavy atom. The summed E-state index contributed by atoms with van der Waals surface area (Å²) in [6, 6.07) is 0. The van der Waals surface area contributed by atoms with Gasteiger partial charge in [-0.05, 0) is 0 Å². The largest absolute Gasteiger partial charge is 2.00 e.